The smallest absolute Gasteiger partial charge is 0.209 e. The summed E-state index contributed by atoms with van der Waals surface area (Å²) in [7, 11) is 1.85. The van der Waals surface area contributed by atoms with Gasteiger partial charge < -0.3 is 0 Å². The fourth-order valence-corrected chi connectivity index (χ4v) is 3.89. The van der Waals surface area contributed by atoms with E-state index in [2.05, 4.69) is 40.8 Å². The Hall–Kier alpha value is -1.13. The molecule has 0 bridgehead atoms. The van der Waals surface area contributed by atoms with E-state index in [0.29, 0.717) is 12.0 Å². The molecule has 0 aromatic carbocycles. The molecule has 110 valence electrons. The summed E-state index contributed by atoms with van der Waals surface area (Å²) in [4.78, 5) is 0. The first-order valence-electron chi connectivity index (χ1n) is 7.11. The lowest BCUT2D eigenvalue weighted by Gasteiger charge is -2.32. The van der Waals surface area contributed by atoms with Crippen molar-refractivity contribution in [2.24, 2.45) is 13.0 Å². The van der Waals surface area contributed by atoms with E-state index in [-0.39, 0.29) is 5.54 Å². The van der Waals surface area contributed by atoms with E-state index in [1.807, 2.05) is 7.05 Å². The van der Waals surface area contributed by atoms with E-state index in [1.54, 1.807) is 16.4 Å². The highest BCUT2D eigenvalue weighted by Gasteiger charge is 2.42. The van der Waals surface area contributed by atoms with Crippen LogP contribution in [0.3, 0.4) is 0 Å². The molecule has 1 N–H and O–H groups in total. The fourth-order valence-electron chi connectivity index (χ4n) is 2.99. The molecular weight excluding hydrogens is 272 g/mol. The highest BCUT2D eigenvalue weighted by molar-refractivity contribution is 7.99. The minimum atomic E-state index is -0.340. The van der Waals surface area contributed by atoms with Crippen molar-refractivity contribution in [3.63, 3.8) is 0 Å². The van der Waals surface area contributed by atoms with Crippen LogP contribution in [0.5, 0.6) is 0 Å². The Morgan fingerprint density at radius 3 is 3.00 bits per heavy atom. The van der Waals surface area contributed by atoms with Gasteiger partial charge in [-0.2, -0.15) is 5.26 Å². The molecule has 0 saturated heterocycles. The molecule has 6 nitrogen and oxygen atoms in total. The molecule has 20 heavy (non-hydrogen) atoms. The summed E-state index contributed by atoms with van der Waals surface area (Å²) in [5.74, 6) is 1.37. The van der Waals surface area contributed by atoms with Crippen LogP contribution >= 0.6 is 11.8 Å². The van der Waals surface area contributed by atoms with E-state index in [9.17, 15) is 5.26 Å². The van der Waals surface area contributed by atoms with Crippen LogP contribution in [0.2, 0.25) is 0 Å². The zero-order valence-electron chi connectivity index (χ0n) is 12.3. The number of hydrogen-bond donors (Lipinski definition) is 1. The molecule has 0 radical (unpaired) electrons. The molecule has 0 aliphatic heterocycles. The van der Waals surface area contributed by atoms with Crippen molar-refractivity contribution in [3.05, 3.63) is 0 Å². The summed E-state index contributed by atoms with van der Waals surface area (Å²) in [6, 6.07) is 2.89. The van der Waals surface area contributed by atoms with Gasteiger partial charge in [0.05, 0.1) is 6.07 Å². The topological polar surface area (TPSA) is 79.4 Å². The van der Waals surface area contributed by atoms with Gasteiger partial charge in [0.25, 0.3) is 0 Å². The average molecular weight is 294 g/mol. The zero-order valence-corrected chi connectivity index (χ0v) is 13.2. The lowest BCUT2D eigenvalue weighted by atomic mass is 9.86. The summed E-state index contributed by atoms with van der Waals surface area (Å²) in [6.45, 7) is 4.21. The largest absolute Gasteiger partial charge is 0.297 e. The second-order valence-electron chi connectivity index (χ2n) is 5.69. The van der Waals surface area contributed by atoms with Crippen LogP contribution in [0, 0.1) is 17.2 Å². The van der Waals surface area contributed by atoms with Gasteiger partial charge in [-0.1, -0.05) is 18.2 Å². The predicted molar refractivity (Wildman–Crippen MR) is 78.1 cm³/mol. The maximum Gasteiger partial charge on any atom is 0.209 e. The zero-order chi connectivity index (χ0) is 14.6. The van der Waals surface area contributed by atoms with Crippen LogP contribution in [-0.2, 0) is 7.05 Å². The highest BCUT2D eigenvalue weighted by atomic mass is 32.2. The monoisotopic (exact) mass is 294 g/mol. The minimum absolute atomic E-state index is 0.339. The van der Waals surface area contributed by atoms with Gasteiger partial charge in [0, 0.05) is 18.8 Å². The van der Waals surface area contributed by atoms with Crippen molar-refractivity contribution in [3.8, 4) is 6.07 Å². The number of rotatable bonds is 6. The maximum absolute atomic E-state index is 9.61. The van der Waals surface area contributed by atoms with Crippen molar-refractivity contribution in [2.45, 2.75) is 56.3 Å². The third-order valence-electron chi connectivity index (χ3n) is 3.85. The second-order valence-corrected chi connectivity index (χ2v) is 6.76. The van der Waals surface area contributed by atoms with Crippen LogP contribution in [0.1, 0.15) is 39.5 Å². The maximum atomic E-state index is 9.61. The Morgan fingerprint density at radius 2 is 2.40 bits per heavy atom. The number of nitrogens with one attached hydrogen (secondary N) is 1. The van der Waals surface area contributed by atoms with Crippen LogP contribution < -0.4 is 5.32 Å². The molecular formula is C13H22N6S. The predicted octanol–water partition coefficient (Wildman–Crippen LogP) is 1.75. The van der Waals surface area contributed by atoms with E-state index < -0.39 is 0 Å². The number of tetrazole rings is 1. The van der Waals surface area contributed by atoms with Crippen molar-refractivity contribution < 1.29 is 0 Å². The van der Waals surface area contributed by atoms with E-state index in [0.717, 1.165) is 36.6 Å². The normalized spacial score (nSPS) is 26.1. The standard InChI is InChI=1S/C13H22N6S/c1-10(2)15-13(9-14)7-4-5-11(13)6-8-20-12-16-17-18-19(12)3/h10-11,15H,4-8H2,1-3H3. The molecule has 2 rings (SSSR count). The van der Waals surface area contributed by atoms with Gasteiger partial charge in [-0.3, -0.25) is 5.32 Å². The van der Waals surface area contributed by atoms with Crippen molar-refractivity contribution >= 4 is 11.8 Å². The van der Waals surface area contributed by atoms with E-state index >= 15 is 0 Å². The Bertz CT molecular complexity index is 479. The molecule has 1 aromatic heterocycles. The van der Waals surface area contributed by atoms with Gasteiger partial charge in [0.15, 0.2) is 0 Å². The SMILES string of the molecule is CC(C)NC1(C#N)CCCC1CCSc1nnnn1C. The van der Waals surface area contributed by atoms with Crippen LogP contribution in [0.4, 0.5) is 0 Å². The number of aromatic nitrogens is 4. The van der Waals surface area contributed by atoms with Crippen LogP contribution in [0.25, 0.3) is 0 Å². The van der Waals surface area contributed by atoms with E-state index in [4.69, 9.17) is 0 Å². The lowest BCUT2D eigenvalue weighted by Crippen LogP contribution is -2.50. The highest BCUT2D eigenvalue weighted by Crippen LogP contribution is 2.39. The van der Waals surface area contributed by atoms with Gasteiger partial charge in [-0.25, -0.2) is 4.68 Å². The van der Waals surface area contributed by atoms with Gasteiger partial charge in [-0.15, -0.1) is 5.10 Å². The molecule has 1 heterocycles. The van der Waals surface area contributed by atoms with Crippen molar-refractivity contribution in [1.82, 2.24) is 25.5 Å². The molecule has 2 unspecified atom stereocenters. The summed E-state index contributed by atoms with van der Waals surface area (Å²) in [5.41, 5.74) is -0.340. The molecule has 1 fully saturated rings. The van der Waals surface area contributed by atoms with Gasteiger partial charge in [0.1, 0.15) is 5.54 Å². The van der Waals surface area contributed by atoms with Crippen LogP contribution in [0.15, 0.2) is 5.16 Å². The second kappa shape index (κ2) is 6.55. The van der Waals surface area contributed by atoms with Crippen LogP contribution in [-0.4, -0.2) is 37.5 Å². The van der Waals surface area contributed by atoms with Crippen molar-refractivity contribution in [1.29, 1.82) is 5.26 Å². The molecule has 0 amide bonds. The summed E-state index contributed by atoms with van der Waals surface area (Å²) in [5, 5.41) is 25.4. The minimum Gasteiger partial charge on any atom is -0.297 e. The number of hydrogen-bond acceptors (Lipinski definition) is 6. The third-order valence-corrected chi connectivity index (χ3v) is 4.89. The number of thioether (sulfide) groups is 1. The van der Waals surface area contributed by atoms with Gasteiger partial charge >= 0.3 is 0 Å². The summed E-state index contributed by atoms with van der Waals surface area (Å²) in [6.07, 6.45) is 4.24. The Kier molecular flexibility index (Phi) is 5.00. The molecule has 2 atom stereocenters. The first-order chi connectivity index (χ1) is 9.57. The Labute approximate surface area is 124 Å². The summed E-state index contributed by atoms with van der Waals surface area (Å²) < 4.78 is 1.68. The van der Waals surface area contributed by atoms with Gasteiger partial charge in [-0.05, 0) is 49.5 Å². The molecule has 1 saturated carbocycles. The number of nitriles is 1. The number of nitrogens with zero attached hydrogens (tertiary/aromatic N) is 5. The number of aryl methyl sites for hydroxylation is 1. The summed E-state index contributed by atoms with van der Waals surface area (Å²) >= 11 is 1.66. The molecule has 0 spiro atoms. The molecule has 1 aromatic rings. The first kappa shape index (κ1) is 15.3. The molecule has 1 aliphatic rings. The quantitative estimate of drug-likeness (QED) is 0.805. The van der Waals surface area contributed by atoms with Gasteiger partial charge in [0.2, 0.25) is 5.16 Å². The lowest BCUT2D eigenvalue weighted by molar-refractivity contribution is 0.289. The third kappa shape index (κ3) is 3.30. The molecule has 7 heteroatoms. The average Bonchev–Trinajstić information content (AvgIpc) is 2.97. The fraction of sp³-hybridized carbons (Fsp3) is 0.846. The Morgan fingerprint density at radius 1 is 1.60 bits per heavy atom. The first-order valence-corrected chi connectivity index (χ1v) is 8.10. The van der Waals surface area contributed by atoms with E-state index in [1.165, 1.54) is 0 Å². The molecule has 1 aliphatic carbocycles. The Balaban J connectivity index is 1.91. The van der Waals surface area contributed by atoms with Crippen molar-refractivity contribution in [2.75, 3.05) is 5.75 Å².